The summed E-state index contributed by atoms with van der Waals surface area (Å²) in [6.45, 7) is 6.47. The molecule has 1 heterocycles. The zero-order valence-corrected chi connectivity index (χ0v) is 11.4. The summed E-state index contributed by atoms with van der Waals surface area (Å²) < 4.78 is 5.01. The molecule has 0 aliphatic rings. The number of nitrogens with one attached hydrogen (secondary N) is 2. The summed E-state index contributed by atoms with van der Waals surface area (Å²) in [5, 5.41) is 6.41. The van der Waals surface area contributed by atoms with Gasteiger partial charge in [0.2, 0.25) is 0 Å². The van der Waals surface area contributed by atoms with Gasteiger partial charge in [-0.2, -0.15) is 0 Å². The molecule has 0 aromatic carbocycles. The van der Waals surface area contributed by atoms with Crippen molar-refractivity contribution in [3.05, 3.63) is 42.7 Å². The molecule has 0 atom stereocenters. The van der Waals surface area contributed by atoms with Crippen molar-refractivity contribution in [2.24, 2.45) is 4.99 Å². The fourth-order valence-corrected chi connectivity index (χ4v) is 1.42. The standard InChI is InChI=1S/C14H22N4O/c1-3-8-16-14(17-10-6-11-19-2)18-12-13-7-4-5-9-15-13/h3-5,7,9H,1,6,8,10-12H2,2H3,(H2,16,17,18). The monoisotopic (exact) mass is 262 g/mol. The molecule has 0 radical (unpaired) electrons. The summed E-state index contributed by atoms with van der Waals surface area (Å²) in [5.41, 5.74) is 0.944. The fraction of sp³-hybridized carbons (Fsp3) is 0.429. The molecule has 1 aromatic heterocycles. The lowest BCUT2D eigenvalue weighted by Crippen LogP contribution is -2.38. The quantitative estimate of drug-likeness (QED) is 0.321. The Kier molecular flexibility index (Phi) is 8.05. The zero-order valence-electron chi connectivity index (χ0n) is 11.4. The molecule has 0 spiro atoms. The Labute approximate surface area is 114 Å². The van der Waals surface area contributed by atoms with E-state index in [0.29, 0.717) is 13.1 Å². The largest absolute Gasteiger partial charge is 0.385 e. The van der Waals surface area contributed by atoms with E-state index in [1.807, 2.05) is 18.2 Å². The van der Waals surface area contributed by atoms with Crippen LogP contribution in [0.1, 0.15) is 12.1 Å². The van der Waals surface area contributed by atoms with Crippen LogP contribution in [0.2, 0.25) is 0 Å². The molecule has 5 nitrogen and oxygen atoms in total. The van der Waals surface area contributed by atoms with Crippen molar-refractivity contribution < 1.29 is 4.74 Å². The van der Waals surface area contributed by atoms with Gasteiger partial charge in [0, 0.05) is 33.0 Å². The number of methoxy groups -OCH3 is 1. The number of ether oxygens (including phenoxy) is 1. The van der Waals surface area contributed by atoms with Gasteiger partial charge in [-0.1, -0.05) is 12.1 Å². The van der Waals surface area contributed by atoms with E-state index >= 15 is 0 Å². The third-order valence-corrected chi connectivity index (χ3v) is 2.36. The van der Waals surface area contributed by atoms with Crippen LogP contribution in [0.4, 0.5) is 0 Å². The average Bonchev–Trinajstić information content (AvgIpc) is 2.46. The SMILES string of the molecule is C=CCNC(=NCc1ccccn1)NCCCOC. The normalized spacial score (nSPS) is 11.1. The predicted molar refractivity (Wildman–Crippen MR) is 78.1 cm³/mol. The maximum Gasteiger partial charge on any atom is 0.191 e. The number of pyridine rings is 1. The first-order chi connectivity index (χ1) is 9.36. The highest BCUT2D eigenvalue weighted by Crippen LogP contribution is 1.95. The van der Waals surface area contributed by atoms with Gasteiger partial charge in [0.05, 0.1) is 12.2 Å². The molecular formula is C14H22N4O. The highest BCUT2D eigenvalue weighted by molar-refractivity contribution is 5.79. The van der Waals surface area contributed by atoms with Gasteiger partial charge >= 0.3 is 0 Å². The Morgan fingerprint density at radius 1 is 1.47 bits per heavy atom. The molecule has 2 N–H and O–H groups in total. The smallest absolute Gasteiger partial charge is 0.191 e. The number of aliphatic imine (C=N–C) groups is 1. The van der Waals surface area contributed by atoms with Crippen molar-refractivity contribution in [1.29, 1.82) is 0 Å². The van der Waals surface area contributed by atoms with Crippen molar-refractivity contribution >= 4 is 5.96 Å². The van der Waals surface area contributed by atoms with Crippen LogP contribution in [0, 0.1) is 0 Å². The number of hydrogen-bond donors (Lipinski definition) is 2. The molecule has 0 fully saturated rings. The first-order valence-electron chi connectivity index (χ1n) is 6.38. The van der Waals surface area contributed by atoms with Gasteiger partial charge in [0.15, 0.2) is 5.96 Å². The van der Waals surface area contributed by atoms with Crippen molar-refractivity contribution in [2.75, 3.05) is 26.8 Å². The molecule has 1 aromatic rings. The number of hydrogen-bond acceptors (Lipinski definition) is 3. The summed E-state index contributed by atoms with van der Waals surface area (Å²) in [6.07, 6.45) is 4.51. The predicted octanol–water partition coefficient (Wildman–Crippen LogP) is 1.34. The highest BCUT2D eigenvalue weighted by Gasteiger charge is 1.97. The van der Waals surface area contributed by atoms with Crippen LogP contribution in [0.5, 0.6) is 0 Å². The van der Waals surface area contributed by atoms with E-state index in [0.717, 1.165) is 31.2 Å². The molecule has 1 rings (SSSR count). The van der Waals surface area contributed by atoms with Crippen LogP contribution in [-0.2, 0) is 11.3 Å². The highest BCUT2D eigenvalue weighted by atomic mass is 16.5. The zero-order chi connectivity index (χ0) is 13.8. The number of rotatable bonds is 8. The van der Waals surface area contributed by atoms with E-state index in [1.54, 1.807) is 19.4 Å². The Hall–Kier alpha value is -1.88. The van der Waals surface area contributed by atoms with E-state index in [9.17, 15) is 0 Å². The molecule has 0 unspecified atom stereocenters. The molecule has 0 amide bonds. The van der Waals surface area contributed by atoms with E-state index in [2.05, 4.69) is 27.2 Å². The van der Waals surface area contributed by atoms with Gasteiger partial charge in [-0.25, -0.2) is 4.99 Å². The molecule has 19 heavy (non-hydrogen) atoms. The summed E-state index contributed by atoms with van der Waals surface area (Å²) in [6, 6.07) is 5.81. The molecule has 5 heteroatoms. The lowest BCUT2D eigenvalue weighted by atomic mass is 10.3. The molecule has 0 aliphatic carbocycles. The van der Waals surface area contributed by atoms with Crippen LogP contribution < -0.4 is 10.6 Å². The van der Waals surface area contributed by atoms with Gasteiger partial charge in [0.1, 0.15) is 0 Å². The fourth-order valence-electron chi connectivity index (χ4n) is 1.42. The van der Waals surface area contributed by atoms with Crippen molar-refractivity contribution in [1.82, 2.24) is 15.6 Å². The minimum Gasteiger partial charge on any atom is -0.385 e. The van der Waals surface area contributed by atoms with Crippen molar-refractivity contribution in [3.63, 3.8) is 0 Å². The maximum absolute atomic E-state index is 5.01. The van der Waals surface area contributed by atoms with Gasteiger partial charge in [-0.3, -0.25) is 4.98 Å². The van der Waals surface area contributed by atoms with Crippen LogP contribution in [0.25, 0.3) is 0 Å². The lowest BCUT2D eigenvalue weighted by molar-refractivity contribution is 0.195. The molecule has 0 saturated heterocycles. The summed E-state index contributed by atoms with van der Waals surface area (Å²) in [7, 11) is 1.70. The van der Waals surface area contributed by atoms with Gasteiger partial charge in [0.25, 0.3) is 0 Å². The van der Waals surface area contributed by atoms with Crippen LogP contribution in [-0.4, -0.2) is 37.7 Å². The van der Waals surface area contributed by atoms with Gasteiger partial charge in [-0.15, -0.1) is 6.58 Å². The summed E-state index contributed by atoms with van der Waals surface area (Å²) in [4.78, 5) is 8.71. The second-order valence-electron chi connectivity index (χ2n) is 3.93. The Balaban J connectivity index is 2.44. The minimum absolute atomic E-state index is 0.553. The summed E-state index contributed by atoms with van der Waals surface area (Å²) >= 11 is 0. The first-order valence-corrected chi connectivity index (χ1v) is 6.38. The third kappa shape index (κ3) is 7.21. The maximum atomic E-state index is 5.01. The van der Waals surface area contributed by atoms with E-state index in [4.69, 9.17) is 4.74 Å². The molecule has 104 valence electrons. The average molecular weight is 262 g/mol. The van der Waals surface area contributed by atoms with E-state index in [-0.39, 0.29) is 0 Å². The van der Waals surface area contributed by atoms with Gasteiger partial charge < -0.3 is 15.4 Å². The lowest BCUT2D eigenvalue weighted by Gasteiger charge is -2.11. The molecule has 0 aliphatic heterocycles. The summed E-state index contributed by atoms with van der Waals surface area (Å²) in [5.74, 6) is 0.765. The number of aromatic nitrogens is 1. The minimum atomic E-state index is 0.553. The second-order valence-corrected chi connectivity index (χ2v) is 3.93. The third-order valence-electron chi connectivity index (χ3n) is 2.36. The van der Waals surface area contributed by atoms with Crippen LogP contribution >= 0.6 is 0 Å². The van der Waals surface area contributed by atoms with E-state index in [1.165, 1.54) is 0 Å². The topological polar surface area (TPSA) is 58.5 Å². The van der Waals surface area contributed by atoms with Crippen molar-refractivity contribution in [3.8, 4) is 0 Å². The Bertz CT molecular complexity index is 378. The Morgan fingerprint density at radius 2 is 2.37 bits per heavy atom. The number of guanidine groups is 1. The van der Waals surface area contributed by atoms with Crippen LogP contribution in [0.3, 0.4) is 0 Å². The van der Waals surface area contributed by atoms with Crippen molar-refractivity contribution in [2.45, 2.75) is 13.0 Å². The molecular weight excluding hydrogens is 240 g/mol. The second kappa shape index (κ2) is 10.1. The molecule has 0 saturated carbocycles. The van der Waals surface area contributed by atoms with E-state index < -0.39 is 0 Å². The number of nitrogens with zero attached hydrogens (tertiary/aromatic N) is 2. The first kappa shape index (κ1) is 15.2. The van der Waals surface area contributed by atoms with Gasteiger partial charge in [-0.05, 0) is 18.6 Å². The molecule has 0 bridgehead atoms. The van der Waals surface area contributed by atoms with Crippen LogP contribution in [0.15, 0.2) is 42.0 Å². The Morgan fingerprint density at radius 3 is 3.05 bits per heavy atom.